The zero-order chi connectivity index (χ0) is 20.6. The number of nitrogens with zero attached hydrogens (tertiary/aromatic N) is 3. The third kappa shape index (κ3) is 3.86. The maximum Gasteiger partial charge on any atom is 0.251 e. The number of anilines is 1. The molecule has 4 rings (SSSR count). The minimum absolute atomic E-state index is 0.173. The van der Waals surface area contributed by atoms with Crippen molar-refractivity contribution in [2.24, 2.45) is 0 Å². The third-order valence-electron chi connectivity index (χ3n) is 4.84. The number of benzene rings is 2. The van der Waals surface area contributed by atoms with Gasteiger partial charge < -0.3 is 9.88 Å². The summed E-state index contributed by atoms with van der Waals surface area (Å²) in [6.07, 6.45) is 6.46. The van der Waals surface area contributed by atoms with Gasteiger partial charge in [0.05, 0.1) is 24.0 Å². The van der Waals surface area contributed by atoms with Crippen LogP contribution >= 0.6 is 0 Å². The standard InChI is InChI=1S/C20H19FN4O3S/c1-29(27,28)25-8-6-15-11-16(3-5-18(15)25)20(26)23-12-14-2-4-19(17(21)10-14)24-9-7-22-13-24/h2-5,7,9-11,13H,6,8,12H2,1H3,(H,23,26). The van der Waals surface area contributed by atoms with Gasteiger partial charge in [-0.2, -0.15) is 0 Å². The summed E-state index contributed by atoms with van der Waals surface area (Å²) >= 11 is 0. The fourth-order valence-electron chi connectivity index (χ4n) is 3.41. The first-order valence-electron chi connectivity index (χ1n) is 8.98. The maximum atomic E-state index is 14.3. The van der Waals surface area contributed by atoms with Crippen molar-refractivity contribution in [1.82, 2.24) is 14.9 Å². The molecule has 0 fully saturated rings. The second-order valence-corrected chi connectivity index (χ2v) is 8.77. The second-order valence-electron chi connectivity index (χ2n) is 6.87. The summed E-state index contributed by atoms with van der Waals surface area (Å²) in [6, 6.07) is 9.71. The molecule has 9 heteroatoms. The number of halogens is 1. The molecule has 3 aromatic rings. The number of fused-ring (bicyclic) bond motifs is 1. The van der Waals surface area contributed by atoms with Gasteiger partial charge in [0.1, 0.15) is 5.82 Å². The molecule has 0 saturated heterocycles. The van der Waals surface area contributed by atoms with Crippen molar-refractivity contribution in [1.29, 1.82) is 0 Å². The van der Waals surface area contributed by atoms with E-state index in [1.165, 1.54) is 23.0 Å². The van der Waals surface area contributed by atoms with E-state index >= 15 is 0 Å². The zero-order valence-electron chi connectivity index (χ0n) is 15.7. The first-order valence-corrected chi connectivity index (χ1v) is 10.8. The SMILES string of the molecule is CS(=O)(=O)N1CCc2cc(C(=O)NCc3ccc(-n4ccnc4)c(F)c3)ccc21. The molecule has 0 aliphatic carbocycles. The van der Waals surface area contributed by atoms with E-state index in [2.05, 4.69) is 10.3 Å². The number of amides is 1. The van der Waals surface area contributed by atoms with Crippen molar-refractivity contribution in [3.8, 4) is 5.69 Å². The predicted octanol–water partition coefficient (Wildman–Crippen LogP) is 2.26. The number of sulfonamides is 1. The highest BCUT2D eigenvalue weighted by Gasteiger charge is 2.26. The molecule has 0 bridgehead atoms. The lowest BCUT2D eigenvalue weighted by Crippen LogP contribution is -2.27. The van der Waals surface area contributed by atoms with Gasteiger partial charge in [0, 0.05) is 31.0 Å². The van der Waals surface area contributed by atoms with Crippen molar-refractivity contribution in [3.05, 3.63) is 77.6 Å². The van der Waals surface area contributed by atoms with Crippen LogP contribution in [-0.4, -0.2) is 36.7 Å². The number of hydrogen-bond donors (Lipinski definition) is 1. The van der Waals surface area contributed by atoms with Crippen molar-refractivity contribution in [2.45, 2.75) is 13.0 Å². The minimum atomic E-state index is -3.33. The Morgan fingerprint density at radius 1 is 1.21 bits per heavy atom. The van der Waals surface area contributed by atoms with Crippen LogP contribution in [0.2, 0.25) is 0 Å². The average Bonchev–Trinajstić information content (AvgIpc) is 3.35. The number of imidazole rings is 1. The summed E-state index contributed by atoms with van der Waals surface area (Å²) in [6.45, 7) is 0.550. The summed E-state index contributed by atoms with van der Waals surface area (Å²) in [4.78, 5) is 16.4. The molecule has 1 aromatic heterocycles. The molecule has 29 heavy (non-hydrogen) atoms. The molecular formula is C20H19FN4O3S. The first kappa shape index (κ1) is 19.1. The molecule has 0 spiro atoms. The second kappa shape index (κ2) is 7.32. The van der Waals surface area contributed by atoms with Crippen LogP contribution in [0.3, 0.4) is 0 Å². The average molecular weight is 414 g/mol. The van der Waals surface area contributed by atoms with Crippen molar-refractivity contribution in [3.63, 3.8) is 0 Å². The molecule has 0 saturated carbocycles. The van der Waals surface area contributed by atoms with Gasteiger partial charge in [-0.25, -0.2) is 17.8 Å². The fraction of sp³-hybridized carbons (Fsp3) is 0.200. The Kier molecular flexibility index (Phi) is 4.83. The number of carbonyl (C=O) groups is 1. The van der Waals surface area contributed by atoms with E-state index in [-0.39, 0.29) is 12.5 Å². The molecular weight excluding hydrogens is 395 g/mol. The molecule has 7 nitrogen and oxygen atoms in total. The quantitative estimate of drug-likeness (QED) is 0.694. The Labute approximate surface area is 167 Å². The van der Waals surface area contributed by atoms with Crippen molar-refractivity contribution in [2.75, 3.05) is 17.1 Å². The molecule has 150 valence electrons. The van der Waals surface area contributed by atoms with Gasteiger partial charge in [0.25, 0.3) is 5.91 Å². The summed E-state index contributed by atoms with van der Waals surface area (Å²) in [5.74, 6) is -0.710. The van der Waals surface area contributed by atoms with Gasteiger partial charge in [-0.15, -0.1) is 0 Å². The summed E-state index contributed by atoms with van der Waals surface area (Å²) in [5.41, 5.74) is 2.88. The molecule has 1 aliphatic rings. The van der Waals surface area contributed by atoms with E-state index in [1.807, 2.05) is 0 Å². The van der Waals surface area contributed by atoms with E-state index in [9.17, 15) is 17.6 Å². The van der Waals surface area contributed by atoms with Gasteiger partial charge in [0.2, 0.25) is 10.0 Å². The van der Waals surface area contributed by atoms with Gasteiger partial charge in [-0.3, -0.25) is 9.10 Å². The Bertz CT molecular complexity index is 1180. The lowest BCUT2D eigenvalue weighted by Gasteiger charge is -2.16. The van der Waals surface area contributed by atoms with Gasteiger partial charge in [-0.1, -0.05) is 6.07 Å². The van der Waals surface area contributed by atoms with Crippen LogP contribution in [-0.2, 0) is 23.0 Å². The van der Waals surface area contributed by atoms with E-state index in [1.54, 1.807) is 47.3 Å². The molecule has 1 N–H and O–H groups in total. The highest BCUT2D eigenvalue weighted by Crippen LogP contribution is 2.30. The van der Waals surface area contributed by atoms with Crippen LogP contribution in [0.5, 0.6) is 0 Å². The Morgan fingerprint density at radius 2 is 2.00 bits per heavy atom. The van der Waals surface area contributed by atoms with Crippen molar-refractivity contribution >= 4 is 21.6 Å². The molecule has 0 unspecified atom stereocenters. The molecule has 1 aliphatic heterocycles. The van der Waals surface area contributed by atoms with Crippen LogP contribution < -0.4 is 9.62 Å². The third-order valence-corrected chi connectivity index (χ3v) is 6.02. The van der Waals surface area contributed by atoms with Crippen LogP contribution in [0.25, 0.3) is 5.69 Å². The molecule has 0 radical (unpaired) electrons. The highest BCUT2D eigenvalue weighted by atomic mass is 32.2. The fourth-order valence-corrected chi connectivity index (χ4v) is 4.37. The summed E-state index contributed by atoms with van der Waals surface area (Å²) < 4.78 is 40.9. The minimum Gasteiger partial charge on any atom is -0.348 e. The highest BCUT2D eigenvalue weighted by molar-refractivity contribution is 7.92. The largest absolute Gasteiger partial charge is 0.348 e. The number of carbonyl (C=O) groups excluding carboxylic acids is 1. The van der Waals surface area contributed by atoms with Crippen LogP contribution in [0.15, 0.2) is 55.1 Å². The molecule has 0 atom stereocenters. The smallest absolute Gasteiger partial charge is 0.251 e. The predicted molar refractivity (Wildman–Crippen MR) is 107 cm³/mol. The number of rotatable bonds is 5. The first-order chi connectivity index (χ1) is 13.8. The number of aromatic nitrogens is 2. The van der Waals surface area contributed by atoms with E-state index < -0.39 is 15.8 Å². The number of hydrogen-bond acceptors (Lipinski definition) is 4. The Balaban J connectivity index is 1.45. The topological polar surface area (TPSA) is 84.3 Å². The maximum absolute atomic E-state index is 14.3. The van der Waals surface area contributed by atoms with E-state index in [0.29, 0.717) is 35.5 Å². The van der Waals surface area contributed by atoms with Crippen LogP contribution in [0, 0.1) is 5.82 Å². The van der Waals surface area contributed by atoms with Gasteiger partial charge >= 0.3 is 0 Å². The zero-order valence-corrected chi connectivity index (χ0v) is 16.5. The Hall–Kier alpha value is -3.20. The molecule has 2 aromatic carbocycles. The molecule has 1 amide bonds. The van der Waals surface area contributed by atoms with Gasteiger partial charge in [0.15, 0.2) is 0 Å². The van der Waals surface area contributed by atoms with Crippen LogP contribution in [0.4, 0.5) is 10.1 Å². The Morgan fingerprint density at radius 3 is 2.69 bits per heavy atom. The van der Waals surface area contributed by atoms with E-state index in [4.69, 9.17) is 0 Å². The normalized spacial score (nSPS) is 13.4. The number of nitrogens with one attached hydrogen (secondary N) is 1. The van der Waals surface area contributed by atoms with Gasteiger partial charge in [-0.05, 0) is 47.9 Å². The lowest BCUT2D eigenvalue weighted by molar-refractivity contribution is 0.0951. The van der Waals surface area contributed by atoms with E-state index in [0.717, 1.165) is 5.56 Å². The monoisotopic (exact) mass is 414 g/mol. The van der Waals surface area contributed by atoms with Crippen LogP contribution in [0.1, 0.15) is 21.5 Å². The summed E-state index contributed by atoms with van der Waals surface area (Å²) in [7, 11) is -3.33. The van der Waals surface area contributed by atoms with Crippen molar-refractivity contribution < 1.29 is 17.6 Å². The summed E-state index contributed by atoms with van der Waals surface area (Å²) in [5, 5.41) is 2.77. The lowest BCUT2D eigenvalue weighted by atomic mass is 10.1. The molecule has 2 heterocycles.